The molecule has 1 aliphatic rings. The molecule has 0 heterocycles. The smallest absolute Gasteiger partial charge is 0.220 e. The molecule has 1 aliphatic carbocycles. The van der Waals surface area contributed by atoms with Gasteiger partial charge in [0.1, 0.15) is 0 Å². The third kappa shape index (κ3) is 4.97. The van der Waals surface area contributed by atoms with Gasteiger partial charge in [0, 0.05) is 19.0 Å². The summed E-state index contributed by atoms with van der Waals surface area (Å²) in [6.07, 6.45) is 5.07. The van der Waals surface area contributed by atoms with Crippen molar-refractivity contribution in [1.82, 2.24) is 5.32 Å². The van der Waals surface area contributed by atoms with Crippen LogP contribution in [0.1, 0.15) is 59.8 Å². The average molecular weight is 254 g/mol. The summed E-state index contributed by atoms with van der Waals surface area (Å²) in [7, 11) is 0. The number of nitrogens with two attached hydrogens (primary N) is 1. The van der Waals surface area contributed by atoms with E-state index in [0.717, 1.165) is 32.2 Å². The van der Waals surface area contributed by atoms with Gasteiger partial charge in [-0.2, -0.15) is 0 Å². The van der Waals surface area contributed by atoms with Crippen LogP contribution in [0.3, 0.4) is 0 Å². The van der Waals surface area contributed by atoms with Gasteiger partial charge in [-0.25, -0.2) is 0 Å². The number of carbonyl (C=O) groups excluding carboxylic acids is 1. The van der Waals surface area contributed by atoms with Crippen molar-refractivity contribution in [1.29, 1.82) is 0 Å². The molecule has 0 aromatic carbocycles. The normalized spacial score (nSPS) is 25.2. The van der Waals surface area contributed by atoms with Crippen molar-refractivity contribution in [2.75, 3.05) is 6.54 Å². The molecule has 3 heteroatoms. The number of rotatable bonds is 5. The molecule has 1 fully saturated rings. The van der Waals surface area contributed by atoms with Crippen LogP contribution in [0.2, 0.25) is 0 Å². The lowest BCUT2D eigenvalue weighted by atomic mass is 9.81. The molecule has 0 aromatic heterocycles. The Labute approximate surface area is 112 Å². The molecule has 1 saturated carbocycles. The Morgan fingerprint density at radius 1 is 1.28 bits per heavy atom. The first kappa shape index (κ1) is 15.5. The molecule has 106 valence electrons. The average Bonchev–Trinajstić information content (AvgIpc) is 2.29. The fourth-order valence-corrected chi connectivity index (χ4v) is 2.26. The van der Waals surface area contributed by atoms with Crippen molar-refractivity contribution in [3.63, 3.8) is 0 Å². The van der Waals surface area contributed by atoms with Gasteiger partial charge in [-0.1, -0.05) is 27.7 Å². The van der Waals surface area contributed by atoms with E-state index in [1.54, 1.807) is 0 Å². The Bertz CT molecular complexity index is 266. The van der Waals surface area contributed by atoms with Crippen LogP contribution in [0, 0.1) is 17.3 Å². The fourth-order valence-electron chi connectivity index (χ4n) is 2.26. The van der Waals surface area contributed by atoms with Crippen LogP contribution in [-0.4, -0.2) is 18.5 Å². The summed E-state index contributed by atoms with van der Waals surface area (Å²) in [6, 6.07) is 0.365. The van der Waals surface area contributed by atoms with Crippen LogP contribution < -0.4 is 11.1 Å². The molecule has 18 heavy (non-hydrogen) atoms. The fraction of sp³-hybridized carbons (Fsp3) is 0.933. The van der Waals surface area contributed by atoms with Gasteiger partial charge < -0.3 is 11.1 Å². The predicted octanol–water partition coefficient (Wildman–Crippen LogP) is 2.69. The maximum atomic E-state index is 11.9. The summed E-state index contributed by atoms with van der Waals surface area (Å²) in [4.78, 5) is 11.9. The van der Waals surface area contributed by atoms with Gasteiger partial charge in [-0.05, 0) is 42.9 Å². The molecule has 0 unspecified atom stereocenters. The number of hydrogen-bond donors (Lipinski definition) is 2. The van der Waals surface area contributed by atoms with E-state index in [4.69, 9.17) is 5.73 Å². The second kappa shape index (κ2) is 6.55. The predicted molar refractivity (Wildman–Crippen MR) is 76.2 cm³/mol. The summed E-state index contributed by atoms with van der Waals surface area (Å²) >= 11 is 0. The first-order chi connectivity index (χ1) is 8.31. The second-order valence-corrected chi connectivity index (χ2v) is 6.90. The van der Waals surface area contributed by atoms with Crippen LogP contribution in [0.5, 0.6) is 0 Å². The van der Waals surface area contributed by atoms with Gasteiger partial charge >= 0.3 is 0 Å². The van der Waals surface area contributed by atoms with Crippen molar-refractivity contribution < 1.29 is 4.79 Å². The standard InChI is InChI=1S/C15H30N2O/c1-11(2)15(3,4)10-17-14(18)9-12-5-7-13(16)8-6-12/h11-13H,5-10,16H2,1-4H3,(H,17,18). The van der Waals surface area contributed by atoms with E-state index in [0.29, 0.717) is 24.3 Å². The lowest BCUT2D eigenvalue weighted by Crippen LogP contribution is -2.38. The summed E-state index contributed by atoms with van der Waals surface area (Å²) in [5.41, 5.74) is 6.05. The van der Waals surface area contributed by atoms with Crippen molar-refractivity contribution >= 4 is 5.91 Å². The van der Waals surface area contributed by atoms with E-state index in [-0.39, 0.29) is 11.3 Å². The van der Waals surface area contributed by atoms with E-state index >= 15 is 0 Å². The maximum absolute atomic E-state index is 11.9. The number of carbonyl (C=O) groups is 1. The molecule has 3 nitrogen and oxygen atoms in total. The molecule has 0 aliphatic heterocycles. The summed E-state index contributed by atoms with van der Waals surface area (Å²) in [6.45, 7) is 9.59. The molecule has 0 bridgehead atoms. The molecular weight excluding hydrogens is 224 g/mol. The van der Waals surface area contributed by atoms with Gasteiger partial charge in [-0.3, -0.25) is 4.79 Å². The Morgan fingerprint density at radius 2 is 1.83 bits per heavy atom. The van der Waals surface area contributed by atoms with Crippen molar-refractivity contribution in [3.8, 4) is 0 Å². The van der Waals surface area contributed by atoms with E-state index in [2.05, 4.69) is 33.0 Å². The second-order valence-electron chi connectivity index (χ2n) is 6.90. The zero-order valence-electron chi connectivity index (χ0n) is 12.5. The van der Waals surface area contributed by atoms with E-state index in [1.807, 2.05) is 0 Å². The van der Waals surface area contributed by atoms with Crippen LogP contribution in [-0.2, 0) is 4.79 Å². The topological polar surface area (TPSA) is 55.1 Å². The molecular formula is C15H30N2O. The quantitative estimate of drug-likeness (QED) is 0.792. The molecule has 0 aromatic rings. The zero-order valence-corrected chi connectivity index (χ0v) is 12.5. The molecule has 0 radical (unpaired) electrons. The monoisotopic (exact) mass is 254 g/mol. The molecule has 1 rings (SSSR count). The number of amides is 1. The van der Waals surface area contributed by atoms with Crippen LogP contribution in [0.25, 0.3) is 0 Å². The summed E-state index contributed by atoms with van der Waals surface area (Å²) in [5, 5.41) is 3.09. The lowest BCUT2D eigenvalue weighted by molar-refractivity contribution is -0.122. The van der Waals surface area contributed by atoms with Crippen LogP contribution in [0.15, 0.2) is 0 Å². The zero-order chi connectivity index (χ0) is 13.8. The van der Waals surface area contributed by atoms with Crippen molar-refractivity contribution in [2.45, 2.75) is 65.8 Å². The van der Waals surface area contributed by atoms with E-state index < -0.39 is 0 Å². The Kier molecular flexibility index (Phi) is 5.64. The first-order valence-electron chi connectivity index (χ1n) is 7.33. The minimum atomic E-state index is 0.171. The minimum absolute atomic E-state index is 0.171. The Morgan fingerprint density at radius 3 is 2.33 bits per heavy atom. The molecule has 3 N–H and O–H groups in total. The van der Waals surface area contributed by atoms with E-state index in [1.165, 1.54) is 0 Å². The summed E-state index contributed by atoms with van der Waals surface area (Å²) < 4.78 is 0. The van der Waals surface area contributed by atoms with Crippen molar-refractivity contribution in [3.05, 3.63) is 0 Å². The largest absolute Gasteiger partial charge is 0.356 e. The third-order valence-corrected chi connectivity index (χ3v) is 4.67. The highest BCUT2D eigenvalue weighted by Crippen LogP contribution is 2.27. The van der Waals surface area contributed by atoms with Gasteiger partial charge in [0.15, 0.2) is 0 Å². The third-order valence-electron chi connectivity index (χ3n) is 4.67. The van der Waals surface area contributed by atoms with Gasteiger partial charge in [0.25, 0.3) is 0 Å². The van der Waals surface area contributed by atoms with Crippen LogP contribution >= 0.6 is 0 Å². The maximum Gasteiger partial charge on any atom is 0.220 e. The number of hydrogen-bond acceptors (Lipinski definition) is 2. The lowest BCUT2D eigenvalue weighted by Gasteiger charge is -2.30. The Balaban J connectivity index is 2.26. The van der Waals surface area contributed by atoms with Gasteiger partial charge in [0.2, 0.25) is 5.91 Å². The molecule has 0 atom stereocenters. The first-order valence-corrected chi connectivity index (χ1v) is 7.33. The van der Waals surface area contributed by atoms with E-state index in [9.17, 15) is 4.79 Å². The molecule has 0 saturated heterocycles. The van der Waals surface area contributed by atoms with Gasteiger partial charge in [-0.15, -0.1) is 0 Å². The summed E-state index contributed by atoms with van der Waals surface area (Å²) in [5.74, 6) is 1.33. The highest BCUT2D eigenvalue weighted by Gasteiger charge is 2.24. The number of nitrogens with one attached hydrogen (secondary N) is 1. The highest BCUT2D eigenvalue weighted by atomic mass is 16.1. The van der Waals surface area contributed by atoms with Gasteiger partial charge in [0.05, 0.1) is 0 Å². The van der Waals surface area contributed by atoms with Crippen molar-refractivity contribution in [2.24, 2.45) is 23.0 Å². The SMILES string of the molecule is CC(C)C(C)(C)CNC(=O)CC1CCC(N)CC1. The Hall–Kier alpha value is -0.570. The van der Waals surface area contributed by atoms with Crippen LogP contribution in [0.4, 0.5) is 0 Å². The highest BCUT2D eigenvalue weighted by molar-refractivity contribution is 5.76. The minimum Gasteiger partial charge on any atom is -0.356 e. The molecule has 1 amide bonds. The molecule has 0 spiro atoms.